The van der Waals surface area contributed by atoms with Crippen molar-refractivity contribution in [3.05, 3.63) is 0 Å². The standard InChI is InChI=1S/C10H16N2O5S/c13-8(6-12-4-1-5-18(12,16)17)11-9(10(14)15)7-2-3-7/h7,9H,1-6H2,(H,11,13)(H,14,15). The van der Waals surface area contributed by atoms with Crippen LogP contribution in [0.4, 0.5) is 0 Å². The fraction of sp³-hybridized carbons (Fsp3) is 0.800. The molecule has 1 heterocycles. The molecule has 1 aliphatic carbocycles. The van der Waals surface area contributed by atoms with Crippen molar-refractivity contribution in [2.75, 3.05) is 18.8 Å². The zero-order valence-corrected chi connectivity index (χ0v) is 10.6. The molecule has 0 bridgehead atoms. The molecule has 1 saturated heterocycles. The highest BCUT2D eigenvalue weighted by atomic mass is 32.2. The van der Waals surface area contributed by atoms with Crippen molar-refractivity contribution in [2.24, 2.45) is 5.92 Å². The van der Waals surface area contributed by atoms with Crippen molar-refractivity contribution in [3.63, 3.8) is 0 Å². The Morgan fingerprint density at radius 1 is 1.39 bits per heavy atom. The van der Waals surface area contributed by atoms with Gasteiger partial charge in [0.15, 0.2) is 0 Å². The Morgan fingerprint density at radius 2 is 2.06 bits per heavy atom. The summed E-state index contributed by atoms with van der Waals surface area (Å²) in [6.45, 7) is 0.0513. The largest absolute Gasteiger partial charge is 0.480 e. The van der Waals surface area contributed by atoms with E-state index in [-0.39, 0.29) is 18.2 Å². The van der Waals surface area contributed by atoms with Gasteiger partial charge in [0.1, 0.15) is 6.04 Å². The van der Waals surface area contributed by atoms with Crippen LogP contribution < -0.4 is 5.32 Å². The number of carboxylic acids is 1. The van der Waals surface area contributed by atoms with Crippen LogP contribution in [0.1, 0.15) is 19.3 Å². The van der Waals surface area contributed by atoms with E-state index in [9.17, 15) is 18.0 Å². The maximum absolute atomic E-state index is 11.7. The summed E-state index contributed by atoms with van der Waals surface area (Å²) in [6, 6.07) is -0.886. The normalized spacial score (nSPS) is 24.7. The average Bonchev–Trinajstić information content (AvgIpc) is 3.03. The number of carboxylic acid groups (broad SMARTS) is 1. The van der Waals surface area contributed by atoms with Crippen molar-refractivity contribution in [1.82, 2.24) is 9.62 Å². The number of amides is 1. The van der Waals surface area contributed by atoms with Crippen LogP contribution in [0.5, 0.6) is 0 Å². The summed E-state index contributed by atoms with van der Waals surface area (Å²) in [6.07, 6.45) is 2.10. The van der Waals surface area contributed by atoms with Gasteiger partial charge in [-0.2, -0.15) is 4.31 Å². The number of sulfonamides is 1. The number of nitrogens with one attached hydrogen (secondary N) is 1. The van der Waals surface area contributed by atoms with Crippen LogP contribution in [0.25, 0.3) is 0 Å². The first-order valence-corrected chi connectivity index (χ1v) is 7.51. The zero-order valence-electron chi connectivity index (χ0n) is 9.83. The van der Waals surface area contributed by atoms with Crippen LogP contribution in [0.2, 0.25) is 0 Å². The molecule has 1 atom stereocenters. The van der Waals surface area contributed by atoms with Crippen molar-refractivity contribution in [1.29, 1.82) is 0 Å². The first-order valence-electron chi connectivity index (χ1n) is 5.90. The highest BCUT2D eigenvalue weighted by Gasteiger charge is 2.38. The maximum Gasteiger partial charge on any atom is 0.326 e. The molecule has 0 radical (unpaired) electrons. The molecule has 2 aliphatic rings. The summed E-state index contributed by atoms with van der Waals surface area (Å²) in [4.78, 5) is 22.6. The molecule has 0 aromatic heterocycles. The number of rotatable bonds is 5. The van der Waals surface area contributed by atoms with Crippen LogP contribution in [0, 0.1) is 5.92 Å². The predicted molar refractivity (Wildman–Crippen MR) is 62.3 cm³/mol. The third kappa shape index (κ3) is 2.99. The van der Waals surface area contributed by atoms with Gasteiger partial charge >= 0.3 is 5.97 Å². The van der Waals surface area contributed by atoms with Crippen molar-refractivity contribution in [3.8, 4) is 0 Å². The van der Waals surface area contributed by atoms with Gasteiger partial charge in [-0.15, -0.1) is 0 Å². The van der Waals surface area contributed by atoms with Gasteiger partial charge in [-0.1, -0.05) is 0 Å². The molecule has 18 heavy (non-hydrogen) atoms. The first-order chi connectivity index (χ1) is 8.40. The number of nitrogens with zero attached hydrogens (tertiary/aromatic N) is 1. The van der Waals surface area contributed by atoms with E-state index in [0.717, 1.165) is 17.1 Å². The second kappa shape index (κ2) is 4.85. The van der Waals surface area contributed by atoms with Gasteiger partial charge in [0, 0.05) is 6.54 Å². The Labute approximate surface area is 105 Å². The average molecular weight is 276 g/mol. The molecule has 1 saturated carbocycles. The van der Waals surface area contributed by atoms with Crippen molar-refractivity contribution < 1.29 is 23.1 Å². The highest BCUT2D eigenvalue weighted by Crippen LogP contribution is 2.32. The number of hydrogen-bond donors (Lipinski definition) is 2. The van der Waals surface area contributed by atoms with Gasteiger partial charge in [0.2, 0.25) is 15.9 Å². The van der Waals surface area contributed by atoms with Crippen molar-refractivity contribution in [2.45, 2.75) is 25.3 Å². The molecule has 0 spiro atoms. The predicted octanol–water partition coefficient (Wildman–Crippen LogP) is -0.999. The number of carbonyl (C=O) groups excluding carboxylic acids is 1. The molecule has 1 unspecified atom stereocenters. The Hall–Kier alpha value is -1.15. The smallest absolute Gasteiger partial charge is 0.326 e. The van der Waals surface area contributed by atoms with E-state index in [4.69, 9.17) is 5.11 Å². The molecule has 0 aromatic rings. The van der Waals surface area contributed by atoms with Crippen LogP contribution in [-0.4, -0.2) is 54.6 Å². The van der Waals surface area contributed by atoms with E-state index in [0.29, 0.717) is 13.0 Å². The lowest BCUT2D eigenvalue weighted by Crippen LogP contribution is -2.47. The maximum atomic E-state index is 11.7. The van der Waals surface area contributed by atoms with E-state index < -0.39 is 27.9 Å². The summed E-state index contributed by atoms with van der Waals surface area (Å²) in [5.41, 5.74) is 0. The van der Waals surface area contributed by atoms with E-state index in [1.165, 1.54) is 0 Å². The van der Waals surface area contributed by atoms with E-state index >= 15 is 0 Å². The molecule has 7 nitrogen and oxygen atoms in total. The SMILES string of the molecule is O=C(CN1CCCS1(=O)=O)NC(C(=O)O)C1CC1. The van der Waals surface area contributed by atoms with Gasteiger partial charge in [0.25, 0.3) is 0 Å². The fourth-order valence-electron chi connectivity index (χ4n) is 2.06. The molecule has 102 valence electrons. The molecule has 0 aromatic carbocycles. The van der Waals surface area contributed by atoms with E-state index in [1.807, 2.05) is 0 Å². The number of aliphatic carboxylic acids is 1. The summed E-state index contributed by atoms with van der Waals surface area (Å²) in [5.74, 6) is -1.55. The van der Waals surface area contributed by atoms with Gasteiger partial charge in [-0.25, -0.2) is 13.2 Å². The molecular weight excluding hydrogens is 260 g/mol. The lowest BCUT2D eigenvalue weighted by molar-refractivity contribution is -0.142. The molecule has 1 aliphatic heterocycles. The lowest BCUT2D eigenvalue weighted by atomic mass is 10.2. The molecule has 2 rings (SSSR count). The fourth-order valence-corrected chi connectivity index (χ4v) is 3.53. The van der Waals surface area contributed by atoms with E-state index in [2.05, 4.69) is 5.32 Å². The van der Waals surface area contributed by atoms with Crippen LogP contribution >= 0.6 is 0 Å². The van der Waals surface area contributed by atoms with Gasteiger partial charge in [-0.05, 0) is 25.2 Å². The van der Waals surface area contributed by atoms with Gasteiger partial charge in [-0.3, -0.25) is 4.79 Å². The minimum atomic E-state index is -3.32. The Morgan fingerprint density at radius 3 is 2.50 bits per heavy atom. The Bertz CT molecular complexity index is 457. The number of hydrogen-bond acceptors (Lipinski definition) is 4. The molecule has 2 fully saturated rings. The minimum absolute atomic E-state index is 0.0124. The van der Waals surface area contributed by atoms with Crippen LogP contribution in [0.15, 0.2) is 0 Å². The lowest BCUT2D eigenvalue weighted by Gasteiger charge is -2.17. The summed E-state index contributed by atoms with van der Waals surface area (Å²) >= 11 is 0. The highest BCUT2D eigenvalue weighted by molar-refractivity contribution is 7.89. The van der Waals surface area contributed by atoms with Gasteiger partial charge < -0.3 is 10.4 Å². The molecule has 2 N–H and O–H groups in total. The molecular formula is C10H16N2O5S. The first kappa shape index (κ1) is 13.3. The van der Waals surface area contributed by atoms with Gasteiger partial charge in [0.05, 0.1) is 12.3 Å². The Kier molecular flexibility index (Phi) is 3.58. The summed E-state index contributed by atoms with van der Waals surface area (Å²) in [5, 5.41) is 11.3. The van der Waals surface area contributed by atoms with E-state index in [1.54, 1.807) is 0 Å². The van der Waals surface area contributed by atoms with Crippen LogP contribution in [-0.2, 0) is 19.6 Å². The molecule has 1 amide bonds. The molecule has 8 heteroatoms. The zero-order chi connectivity index (χ0) is 13.3. The monoisotopic (exact) mass is 276 g/mol. The van der Waals surface area contributed by atoms with Crippen LogP contribution in [0.3, 0.4) is 0 Å². The number of carbonyl (C=O) groups is 2. The minimum Gasteiger partial charge on any atom is -0.480 e. The third-order valence-electron chi connectivity index (χ3n) is 3.20. The quantitative estimate of drug-likeness (QED) is 0.670. The Balaban J connectivity index is 1.90. The third-order valence-corrected chi connectivity index (χ3v) is 5.10. The summed E-state index contributed by atoms with van der Waals surface area (Å²) < 4.78 is 24.1. The topological polar surface area (TPSA) is 104 Å². The second-order valence-corrected chi connectivity index (χ2v) is 6.81. The summed E-state index contributed by atoms with van der Waals surface area (Å²) in [7, 11) is -3.32. The second-order valence-electron chi connectivity index (χ2n) is 4.72. The van der Waals surface area contributed by atoms with Crippen molar-refractivity contribution >= 4 is 21.9 Å².